The summed E-state index contributed by atoms with van der Waals surface area (Å²) in [7, 11) is 1.66. The molecule has 110 valence electrons. The maximum absolute atomic E-state index is 12.0. The van der Waals surface area contributed by atoms with Crippen LogP contribution in [-0.4, -0.2) is 30.3 Å². The molecule has 0 radical (unpaired) electrons. The lowest BCUT2D eigenvalue weighted by molar-refractivity contribution is -0.142. The summed E-state index contributed by atoms with van der Waals surface area (Å²) in [5.41, 5.74) is 2.78. The van der Waals surface area contributed by atoms with Crippen LogP contribution in [0.4, 0.5) is 5.69 Å². The average Bonchev–Trinajstić information content (AvgIpc) is 2.45. The van der Waals surface area contributed by atoms with Crippen molar-refractivity contribution >= 4 is 17.5 Å². The van der Waals surface area contributed by atoms with E-state index in [1.54, 1.807) is 7.05 Å². The fourth-order valence-corrected chi connectivity index (χ4v) is 2.04. The summed E-state index contributed by atoms with van der Waals surface area (Å²) in [6.07, 6.45) is 2.72. The number of anilines is 1. The van der Waals surface area contributed by atoms with Crippen LogP contribution in [0.25, 0.3) is 0 Å². The molecule has 0 aliphatic heterocycles. The number of hydrogen-bond donors (Lipinski definition) is 1. The molecule has 2 amide bonds. The van der Waals surface area contributed by atoms with Crippen LogP contribution in [0, 0.1) is 6.92 Å². The Morgan fingerprint density at radius 2 is 1.95 bits per heavy atom. The smallest absolute Gasteiger partial charge is 0.313 e. The topological polar surface area (TPSA) is 49.4 Å². The van der Waals surface area contributed by atoms with Gasteiger partial charge in [0.05, 0.1) is 0 Å². The summed E-state index contributed by atoms with van der Waals surface area (Å²) in [6.45, 7) is 6.62. The quantitative estimate of drug-likeness (QED) is 0.841. The Balaban J connectivity index is 2.78. The van der Waals surface area contributed by atoms with E-state index in [1.807, 2.05) is 32.0 Å². The van der Waals surface area contributed by atoms with E-state index in [9.17, 15) is 9.59 Å². The number of carbonyl (C=O) groups is 2. The molecule has 1 aromatic carbocycles. The lowest BCUT2D eigenvalue weighted by Gasteiger charge is -2.17. The monoisotopic (exact) mass is 276 g/mol. The van der Waals surface area contributed by atoms with Gasteiger partial charge in [-0.05, 0) is 30.9 Å². The number of likely N-dealkylation sites (N-methyl/N-ethyl adjacent to an activating group) is 1. The molecule has 0 spiro atoms. The number of aryl methyl sites for hydroxylation is 2. The van der Waals surface area contributed by atoms with Gasteiger partial charge in [0.1, 0.15) is 0 Å². The second-order valence-corrected chi connectivity index (χ2v) is 5.00. The minimum absolute atomic E-state index is 0.483. The zero-order valence-corrected chi connectivity index (χ0v) is 12.8. The van der Waals surface area contributed by atoms with Crippen molar-refractivity contribution in [1.82, 2.24) is 4.90 Å². The average molecular weight is 276 g/mol. The molecule has 0 aliphatic carbocycles. The Labute approximate surface area is 121 Å². The molecule has 0 saturated heterocycles. The first-order valence-corrected chi connectivity index (χ1v) is 7.16. The molecule has 4 nitrogen and oxygen atoms in total. The summed E-state index contributed by atoms with van der Waals surface area (Å²) in [5, 5.41) is 2.76. The van der Waals surface area contributed by atoms with Crippen molar-refractivity contribution in [2.45, 2.75) is 40.0 Å². The second kappa shape index (κ2) is 7.68. The van der Waals surface area contributed by atoms with Crippen molar-refractivity contribution in [3.8, 4) is 0 Å². The van der Waals surface area contributed by atoms with Gasteiger partial charge in [-0.1, -0.05) is 38.5 Å². The van der Waals surface area contributed by atoms with Gasteiger partial charge in [-0.3, -0.25) is 9.59 Å². The van der Waals surface area contributed by atoms with Crippen LogP contribution in [0.1, 0.15) is 37.8 Å². The van der Waals surface area contributed by atoms with E-state index >= 15 is 0 Å². The summed E-state index contributed by atoms with van der Waals surface area (Å²) >= 11 is 0. The normalized spacial score (nSPS) is 10.2. The molecule has 20 heavy (non-hydrogen) atoms. The highest BCUT2D eigenvalue weighted by Crippen LogP contribution is 2.21. The van der Waals surface area contributed by atoms with Crippen molar-refractivity contribution < 1.29 is 9.59 Å². The number of nitrogens with zero attached hydrogens (tertiary/aromatic N) is 1. The van der Waals surface area contributed by atoms with Crippen molar-refractivity contribution in [2.24, 2.45) is 0 Å². The molecule has 0 aliphatic rings. The predicted octanol–water partition coefficient (Wildman–Crippen LogP) is 2.75. The summed E-state index contributed by atoms with van der Waals surface area (Å²) < 4.78 is 0. The molecule has 0 saturated carbocycles. The molecule has 0 bridgehead atoms. The molecular weight excluding hydrogens is 252 g/mol. The van der Waals surface area contributed by atoms with E-state index in [2.05, 4.69) is 12.2 Å². The van der Waals surface area contributed by atoms with E-state index in [0.717, 1.165) is 36.1 Å². The highest BCUT2D eigenvalue weighted by atomic mass is 16.2. The maximum Gasteiger partial charge on any atom is 0.313 e. The number of carbonyl (C=O) groups excluding carboxylic acids is 2. The van der Waals surface area contributed by atoms with Gasteiger partial charge in [-0.25, -0.2) is 0 Å². The number of hydrogen-bond acceptors (Lipinski definition) is 2. The highest BCUT2D eigenvalue weighted by molar-refractivity contribution is 6.39. The molecular formula is C16H24N2O2. The van der Waals surface area contributed by atoms with E-state index in [0.29, 0.717) is 6.54 Å². The lowest BCUT2D eigenvalue weighted by atomic mass is 10.1. The number of benzene rings is 1. The minimum Gasteiger partial charge on any atom is -0.338 e. The first-order chi connectivity index (χ1) is 9.51. The third-order valence-corrected chi connectivity index (χ3v) is 3.37. The Morgan fingerprint density at radius 3 is 2.55 bits per heavy atom. The molecule has 0 atom stereocenters. The highest BCUT2D eigenvalue weighted by Gasteiger charge is 2.19. The van der Waals surface area contributed by atoms with Crippen LogP contribution in [0.5, 0.6) is 0 Å². The van der Waals surface area contributed by atoms with Crippen molar-refractivity contribution in [3.63, 3.8) is 0 Å². The SMILES string of the molecule is CCCCN(C)C(=O)C(=O)Nc1c(C)cccc1CC. The zero-order chi connectivity index (χ0) is 15.1. The number of nitrogens with one attached hydrogen (secondary N) is 1. The van der Waals surface area contributed by atoms with Gasteiger partial charge in [0.25, 0.3) is 0 Å². The Kier molecular flexibility index (Phi) is 6.22. The first kappa shape index (κ1) is 16.2. The Bertz CT molecular complexity index is 483. The first-order valence-electron chi connectivity index (χ1n) is 7.16. The van der Waals surface area contributed by atoms with Gasteiger partial charge in [-0.2, -0.15) is 0 Å². The Morgan fingerprint density at radius 1 is 1.25 bits per heavy atom. The van der Waals surface area contributed by atoms with E-state index < -0.39 is 11.8 Å². The largest absolute Gasteiger partial charge is 0.338 e. The third kappa shape index (κ3) is 4.08. The molecule has 0 aromatic heterocycles. The Hall–Kier alpha value is -1.84. The van der Waals surface area contributed by atoms with E-state index in [-0.39, 0.29) is 0 Å². The molecule has 0 heterocycles. The van der Waals surface area contributed by atoms with Gasteiger partial charge in [-0.15, -0.1) is 0 Å². The zero-order valence-electron chi connectivity index (χ0n) is 12.8. The van der Waals surface area contributed by atoms with E-state index in [4.69, 9.17) is 0 Å². The van der Waals surface area contributed by atoms with Crippen LogP contribution in [-0.2, 0) is 16.0 Å². The predicted molar refractivity (Wildman–Crippen MR) is 81.7 cm³/mol. The van der Waals surface area contributed by atoms with Gasteiger partial charge in [0, 0.05) is 19.3 Å². The second-order valence-electron chi connectivity index (χ2n) is 5.00. The molecule has 1 aromatic rings. The minimum atomic E-state index is -0.562. The van der Waals surface area contributed by atoms with Gasteiger partial charge >= 0.3 is 11.8 Å². The van der Waals surface area contributed by atoms with Crippen LogP contribution in [0.15, 0.2) is 18.2 Å². The summed E-state index contributed by atoms with van der Waals surface area (Å²) in [6, 6.07) is 5.85. The molecule has 0 fully saturated rings. The molecule has 1 N–H and O–H groups in total. The van der Waals surface area contributed by atoms with E-state index in [1.165, 1.54) is 4.90 Å². The van der Waals surface area contributed by atoms with Crippen LogP contribution >= 0.6 is 0 Å². The maximum atomic E-state index is 12.0. The molecule has 1 rings (SSSR count). The lowest BCUT2D eigenvalue weighted by Crippen LogP contribution is -2.37. The number of para-hydroxylation sites is 1. The number of rotatable bonds is 5. The number of amides is 2. The van der Waals surface area contributed by atoms with Crippen LogP contribution < -0.4 is 5.32 Å². The fourth-order valence-electron chi connectivity index (χ4n) is 2.04. The van der Waals surface area contributed by atoms with Gasteiger partial charge < -0.3 is 10.2 Å². The standard InChI is InChI=1S/C16H24N2O2/c1-5-7-11-18(4)16(20)15(19)17-14-12(3)9-8-10-13(14)6-2/h8-10H,5-7,11H2,1-4H3,(H,17,19). The molecule has 4 heteroatoms. The van der Waals surface area contributed by atoms with Crippen LogP contribution in [0.2, 0.25) is 0 Å². The third-order valence-electron chi connectivity index (χ3n) is 3.37. The summed E-state index contributed by atoms with van der Waals surface area (Å²) in [4.78, 5) is 25.5. The number of unbranched alkanes of at least 4 members (excludes halogenated alkanes) is 1. The summed E-state index contributed by atoms with van der Waals surface area (Å²) in [5.74, 6) is -1.05. The van der Waals surface area contributed by atoms with Crippen molar-refractivity contribution in [2.75, 3.05) is 18.9 Å². The van der Waals surface area contributed by atoms with Crippen molar-refractivity contribution in [1.29, 1.82) is 0 Å². The molecule has 0 unspecified atom stereocenters. The van der Waals surface area contributed by atoms with Gasteiger partial charge in [0.15, 0.2) is 0 Å². The van der Waals surface area contributed by atoms with Gasteiger partial charge in [0.2, 0.25) is 0 Å². The van der Waals surface area contributed by atoms with Crippen molar-refractivity contribution in [3.05, 3.63) is 29.3 Å². The van der Waals surface area contributed by atoms with Crippen LogP contribution in [0.3, 0.4) is 0 Å². The fraction of sp³-hybridized carbons (Fsp3) is 0.500.